The minimum absolute atomic E-state index is 0.0240. The van der Waals surface area contributed by atoms with E-state index in [0.717, 1.165) is 30.8 Å². The highest BCUT2D eigenvalue weighted by Crippen LogP contribution is 2.37. The van der Waals surface area contributed by atoms with Gasteiger partial charge in [0, 0.05) is 43.0 Å². The molecule has 35 heavy (non-hydrogen) atoms. The first-order valence-electron chi connectivity index (χ1n) is 10.6. The maximum absolute atomic E-state index is 14.9. The smallest absolute Gasteiger partial charge is 0.266 e. The topological polar surface area (TPSA) is 103 Å². The predicted octanol–water partition coefficient (Wildman–Crippen LogP) is 5.10. The van der Waals surface area contributed by atoms with Gasteiger partial charge in [-0.2, -0.15) is 0 Å². The number of hydrogen-bond acceptors (Lipinski definition) is 7. The summed E-state index contributed by atoms with van der Waals surface area (Å²) in [5, 5.41) is 8.00. The summed E-state index contributed by atoms with van der Waals surface area (Å²) in [6.07, 6.45) is 0.889. The van der Waals surface area contributed by atoms with Crippen LogP contribution < -0.4 is 20.3 Å². The second kappa shape index (κ2) is 10.6. The van der Waals surface area contributed by atoms with Crippen LogP contribution in [0.2, 0.25) is 10.0 Å². The van der Waals surface area contributed by atoms with Crippen molar-refractivity contribution in [3.8, 4) is 0 Å². The van der Waals surface area contributed by atoms with Crippen LogP contribution in [0.5, 0.6) is 0 Å². The van der Waals surface area contributed by atoms with E-state index in [9.17, 15) is 17.6 Å². The molecule has 2 aromatic carbocycles. The lowest BCUT2D eigenvalue weighted by molar-refractivity contribution is -0.119. The number of halogens is 3. The van der Waals surface area contributed by atoms with Crippen LogP contribution in [0.3, 0.4) is 0 Å². The third-order valence-corrected chi connectivity index (χ3v) is 7.98. The number of hydrogen-bond donors (Lipinski definition) is 3. The van der Waals surface area contributed by atoms with Crippen LogP contribution in [0.25, 0.3) is 0 Å². The van der Waals surface area contributed by atoms with Crippen LogP contribution in [0.15, 0.2) is 46.1 Å². The molecule has 0 unspecified atom stereocenters. The van der Waals surface area contributed by atoms with Crippen LogP contribution in [-0.2, 0) is 14.8 Å². The summed E-state index contributed by atoms with van der Waals surface area (Å²) in [6, 6.07) is 7.34. The van der Waals surface area contributed by atoms with Gasteiger partial charge in [-0.3, -0.25) is 9.52 Å². The first-order valence-corrected chi connectivity index (χ1v) is 13.8. The number of anilines is 4. The number of amides is 1. The van der Waals surface area contributed by atoms with Crippen molar-refractivity contribution in [2.24, 2.45) is 5.92 Å². The number of nitrogens with one attached hydrogen (secondary N) is 3. The molecule has 1 amide bonds. The van der Waals surface area contributed by atoms with Crippen LogP contribution in [0, 0.1) is 11.7 Å². The quantitative estimate of drug-likeness (QED) is 0.356. The molecule has 3 N–H and O–H groups in total. The maximum Gasteiger partial charge on any atom is 0.266 e. The Morgan fingerprint density at radius 3 is 2.77 bits per heavy atom. The van der Waals surface area contributed by atoms with E-state index in [1.54, 1.807) is 18.2 Å². The molecule has 1 aromatic heterocycles. The van der Waals surface area contributed by atoms with E-state index in [1.165, 1.54) is 29.2 Å². The second-order valence-electron chi connectivity index (χ2n) is 8.07. The molecule has 186 valence electrons. The van der Waals surface area contributed by atoms with E-state index in [1.807, 2.05) is 0 Å². The van der Waals surface area contributed by atoms with Gasteiger partial charge in [0.1, 0.15) is 10.7 Å². The third-order valence-electron chi connectivity index (χ3n) is 5.48. The fourth-order valence-electron chi connectivity index (χ4n) is 3.81. The van der Waals surface area contributed by atoms with Gasteiger partial charge in [-0.15, -0.1) is 11.3 Å². The van der Waals surface area contributed by atoms with Gasteiger partial charge < -0.3 is 15.5 Å². The Balaban J connectivity index is 1.57. The van der Waals surface area contributed by atoms with Crippen LogP contribution in [-0.4, -0.2) is 38.9 Å². The van der Waals surface area contributed by atoms with Crippen molar-refractivity contribution in [2.75, 3.05) is 34.6 Å². The van der Waals surface area contributed by atoms with Gasteiger partial charge >= 0.3 is 0 Å². The monoisotopic (exact) mass is 557 g/mol. The molecular formula is C22H22Cl2FN5O3S2. The molecular weight excluding hydrogens is 536 g/mol. The third kappa shape index (κ3) is 6.16. The molecule has 1 atom stereocenters. The van der Waals surface area contributed by atoms with Gasteiger partial charge in [0.25, 0.3) is 10.0 Å². The summed E-state index contributed by atoms with van der Waals surface area (Å²) in [7, 11) is -4.22. The zero-order valence-electron chi connectivity index (χ0n) is 18.5. The average Bonchev–Trinajstić information content (AvgIpc) is 3.47. The van der Waals surface area contributed by atoms with E-state index in [0.29, 0.717) is 23.8 Å². The fraction of sp³-hybridized carbons (Fsp3) is 0.273. The lowest BCUT2D eigenvalue weighted by Crippen LogP contribution is -2.29. The number of nitrogens with zero attached hydrogens (tertiary/aromatic N) is 2. The molecule has 0 spiro atoms. The molecule has 1 aliphatic rings. The summed E-state index contributed by atoms with van der Waals surface area (Å²) >= 11 is 13.8. The Bertz CT molecular complexity index is 1340. The van der Waals surface area contributed by atoms with Gasteiger partial charge in [-0.05, 0) is 36.6 Å². The van der Waals surface area contributed by atoms with Gasteiger partial charge in [-0.25, -0.2) is 17.8 Å². The standard InChI is InChI=1S/C22H22Cl2FN5O3S2/c1-13(31)26-9-14-4-5-30(10-14)20-6-15(23)2-3-18(20)28-19-8-17(25)21(7-16(19)24)35(32,33)29-22-11-34-12-27-22/h2-3,6-8,11-12,14,28-29H,4-5,9-10H2,1H3,(H,26,31)/t14-/m0/s1. The Morgan fingerprint density at radius 2 is 2.06 bits per heavy atom. The van der Waals surface area contributed by atoms with Gasteiger partial charge in [0.15, 0.2) is 5.82 Å². The van der Waals surface area contributed by atoms with Gasteiger partial charge in [0.05, 0.1) is 27.6 Å². The first-order chi connectivity index (χ1) is 16.6. The van der Waals surface area contributed by atoms with Crippen molar-refractivity contribution < 1.29 is 17.6 Å². The molecule has 1 aliphatic heterocycles. The highest BCUT2D eigenvalue weighted by atomic mass is 35.5. The number of sulfonamides is 1. The predicted molar refractivity (Wildman–Crippen MR) is 138 cm³/mol. The number of thiazole rings is 1. The summed E-state index contributed by atoms with van der Waals surface area (Å²) in [6.45, 7) is 3.52. The molecule has 1 fully saturated rings. The van der Waals surface area contributed by atoms with Crippen molar-refractivity contribution in [3.05, 3.63) is 57.1 Å². The number of carbonyl (C=O) groups excluding carboxylic acids is 1. The first kappa shape index (κ1) is 25.5. The van der Waals surface area contributed by atoms with Crippen molar-refractivity contribution in [1.82, 2.24) is 10.3 Å². The highest BCUT2D eigenvalue weighted by Gasteiger charge is 2.26. The van der Waals surface area contributed by atoms with Crippen LogP contribution in [0.1, 0.15) is 13.3 Å². The lowest BCUT2D eigenvalue weighted by Gasteiger charge is -2.23. The fourth-order valence-corrected chi connectivity index (χ4v) is 5.90. The van der Waals surface area contributed by atoms with E-state index in [-0.39, 0.29) is 28.4 Å². The number of rotatable bonds is 8. The minimum Gasteiger partial charge on any atom is -0.369 e. The molecule has 0 radical (unpaired) electrons. The normalized spacial score (nSPS) is 15.8. The molecule has 0 aliphatic carbocycles. The SMILES string of the molecule is CC(=O)NC[C@@H]1CCN(c2cc(Cl)ccc2Nc2cc(F)c(S(=O)(=O)Nc3cscn3)cc2Cl)C1. The van der Waals surface area contributed by atoms with Gasteiger partial charge in [-0.1, -0.05) is 23.2 Å². The van der Waals surface area contributed by atoms with E-state index >= 15 is 0 Å². The Kier molecular flexibility index (Phi) is 7.70. The Hall–Kier alpha value is -2.60. The van der Waals surface area contributed by atoms with E-state index in [2.05, 4.69) is 25.2 Å². The van der Waals surface area contributed by atoms with E-state index < -0.39 is 20.7 Å². The summed E-state index contributed by atoms with van der Waals surface area (Å²) in [4.78, 5) is 16.6. The number of benzene rings is 2. The van der Waals surface area contributed by atoms with Crippen LogP contribution in [0.4, 0.5) is 27.3 Å². The zero-order valence-corrected chi connectivity index (χ0v) is 21.7. The summed E-state index contributed by atoms with van der Waals surface area (Å²) in [5.41, 5.74) is 3.09. The van der Waals surface area contributed by atoms with Crippen molar-refractivity contribution in [1.29, 1.82) is 0 Å². The minimum atomic E-state index is -4.22. The lowest BCUT2D eigenvalue weighted by atomic mass is 10.1. The number of aromatic nitrogens is 1. The largest absolute Gasteiger partial charge is 0.369 e. The zero-order chi connectivity index (χ0) is 25.2. The molecule has 4 rings (SSSR count). The van der Waals surface area contributed by atoms with Crippen molar-refractivity contribution >= 4 is 73.3 Å². The second-order valence-corrected chi connectivity index (χ2v) is 11.3. The van der Waals surface area contributed by atoms with Crippen molar-refractivity contribution in [3.63, 3.8) is 0 Å². The van der Waals surface area contributed by atoms with E-state index in [4.69, 9.17) is 23.2 Å². The Labute approximate surface area is 216 Å². The number of carbonyl (C=O) groups is 1. The van der Waals surface area contributed by atoms with Crippen molar-refractivity contribution in [2.45, 2.75) is 18.2 Å². The molecule has 1 saturated heterocycles. The van der Waals surface area contributed by atoms with Crippen LogP contribution >= 0.6 is 34.5 Å². The Morgan fingerprint density at radius 1 is 1.26 bits per heavy atom. The summed E-state index contributed by atoms with van der Waals surface area (Å²) in [5.74, 6) is -0.661. The molecule has 3 aromatic rings. The molecule has 0 saturated carbocycles. The molecule has 13 heteroatoms. The van der Waals surface area contributed by atoms with Gasteiger partial charge in [0.2, 0.25) is 5.91 Å². The average molecular weight is 558 g/mol. The molecule has 2 heterocycles. The highest BCUT2D eigenvalue weighted by molar-refractivity contribution is 7.92. The molecule has 8 nitrogen and oxygen atoms in total. The maximum atomic E-state index is 14.9. The summed E-state index contributed by atoms with van der Waals surface area (Å²) < 4.78 is 42.4. The molecule has 0 bridgehead atoms.